The number of anilines is 1. The van der Waals surface area contributed by atoms with E-state index in [1.807, 2.05) is 42.5 Å². The van der Waals surface area contributed by atoms with E-state index in [-0.39, 0.29) is 11.8 Å². The van der Waals surface area contributed by atoms with Crippen molar-refractivity contribution in [3.8, 4) is 0 Å². The second-order valence-electron chi connectivity index (χ2n) is 8.47. The lowest BCUT2D eigenvalue weighted by molar-refractivity contribution is -0.123. The molecule has 34 heavy (non-hydrogen) atoms. The number of nitrogens with zero attached hydrogens (tertiary/aromatic N) is 2. The number of hydrogen-bond acceptors (Lipinski definition) is 4. The predicted octanol–water partition coefficient (Wildman–Crippen LogP) is 4.38. The largest absolute Gasteiger partial charge is 0.356 e. The summed E-state index contributed by atoms with van der Waals surface area (Å²) in [5, 5.41) is 6.47. The number of hydrogen-bond donors (Lipinski definition) is 2. The highest BCUT2D eigenvalue weighted by Crippen LogP contribution is 2.21. The van der Waals surface area contributed by atoms with Crippen molar-refractivity contribution in [1.29, 1.82) is 0 Å². The van der Waals surface area contributed by atoms with E-state index in [4.69, 9.17) is 11.6 Å². The lowest BCUT2D eigenvalue weighted by Crippen LogP contribution is -2.48. The Hall–Kier alpha value is -3.38. The van der Waals surface area contributed by atoms with Crippen LogP contribution in [0.5, 0.6) is 0 Å². The number of pyridine rings is 1. The minimum atomic E-state index is -0.722. The van der Waals surface area contributed by atoms with Gasteiger partial charge in [-0.25, -0.2) is 4.98 Å². The first-order valence-electron chi connectivity index (χ1n) is 11.7. The van der Waals surface area contributed by atoms with E-state index in [9.17, 15) is 9.59 Å². The summed E-state index contributed by atoms with van der Waals surface area (Å²) in [5.74, 6) is 0.370. The van der Waals surface area contributed by atoms with Crippen molar-refractivity contribution in [2.45, 2.75) is 38.3 Å². The zero-order valence-corrected chi connectivity index (χ0v) is 19.8. The molecule has 0 bridgehead atoms. The average molecular weight is 477 g/mol. The highest BCUT2D eigenvalue weighted by molar-refractivity contribution is 6.30. The van der Waals surface area contributed by atoms with Crippen molar-refractivity contribution in [1.82, 2.24) is 15.6 Å². The normalized spacial score (nSPS) is 14.3. The Morgan fingerprint density at radius 2 is 1.68 bits per heavy atom. The van der Waals surface area contributed by atoms with Crippen molar-refractivity contribution in [3.05, 3.63) is 94.6 Å². The van der Waals surface area contributed by atoms with Crippen LogP contribution in [0.4, 0.5) is 5.82 Å². The van der Waals surface area contributed by atoms with Gasteiger partial charge in [0.05, 0.1) is 0 Å². The molecule has 1 unspecified atom stereocenters. The third kappa shape index (κ3) is 6.35. The Kier molecular flexibility index (Phi) is 8.15. The molecule has 3 aromatic rings. The van der Waals surface area contributed by atoms with Gasteiger partial charge in [-0.3, -0.25) is 9.59 Å². The van der Waals surface area contributed by atoms with E-state index in [0.717, 1.165) is 42.9 Å². The van der Waals surface area contributed by atoms with E-state index in [1.54, 1.807) is 30.5 Å². The van der Waals surface area contributed by atoms with E-state index in [2.05, 4.69) is 20.5 Å². The van der Waals surface area contributed by atoms with Gasteiger partial charge < -0.3 is 15.5 Å². The summed E-state index contributed by atoms with van der Waals surface area (Å²) >= 11 is 5.94. The van der Waals surface area contributed by atoms with Gasteiger partial charge in [0.25, 0.3) is 5.91 Å². The summed E-state index contributed by atoms with van der Waals surface area (Å²) in [4.78, 5) is 33.0. The molecule has 1 aromatic heterocycles. The molecule has 176 valence electrons. The maximum Gasteiger partial charge on any atom is 0.251 e. The fourth-order valence-electron chi connectivity index (χ4n) is 4.17. The Labute approximate surface area is 205 Å². The van der Waals surface area contributed by atoms with Crippen molar-refractivity contribution in [2.24, 2.45) is 0 Å². The molecule has 1 aliphatic heterocycles. The number of carbonyl (C=O) groups is 2. The highest BCUT2D eigenvalue weighted by Gasteiger charge is 2.23. The van der Waals surface area contributed by atoms with Gasteiger partial charge in [0, 0.05) is 48.4 Å². The molecule has 0 saturated carbocycles. The number of piperidine rings is 1. The van der Waals surface area contributed by atoms with Gasteiger partial charge in [-0.15, -0.1) is 0 Å². The molecule has 1 atom stereocenters. The van der Waals surface area contributed by atoms with Gasteiger partial charge in [0.2, 0.25) is 5.91 Å². The van der Waals surface area contributed by atoms with E-state index < -0.39 is 6.04 Å². The number of carbonyl (C=O) groups excluding carboxylic acids is 2. The summed E-state index contributed by atoms with van der Waals surface area (Å²) < 4.78 is 0. The van der Waals surface area contributed by atoms with Crippen LogP contribution in [0.1, 0.15) is 40.7 Å². The standard InChI is InChI=1S/C27H29ClN4O2/c28-23-13-11-21(12-14-23)26(33)31-24(18-20-8-3-1-4-9-20)27(34)30-19-22-10-7-15-29-25(22)32-16-5-2-6-17-32/h1,3-4,7-15,24H,2,5-6,16-19H2,(H,30,34)(H,31,33). The Balaban J connectivity index is 1.47. The van der Waals surface area contributed by atoms with Crippen LogP contribution in [0.25, 0.3) is 0 Å². The lowest BCUT2D eigenvalue weighted by atomic mass is 10.0. The Bertz CT molecular complexity index is 1100. The molecule has 6 nitrogen and oxygen atoms in total. The van der Waals surface area contributed by atoms with Crippen LogP contribution in [0.3, 0.4) is 0 Å². The monoisotopic (exact) mass is 476 g/mol. The van der Waals surface area contributed by atoms with Crippen LogP contribution < -0.4 is 15.5 Å². The van der Waals surface area contributed by atoms with Gasteiger partial charge in [0.15, 0.2) is 0 Å². The molecular weight excluding hydrogens is 448 g/mol. The summed E-state index contributed by atoms with van der Waals surface area (Å²) in [5.41, 5.74) is 2.39. The van der Waals surface area contributed by atoms with Gasteiger partial charge in [0.1, 0.15) is 11.9 Å². The van der Waals surface area contributed by atoms with Crippen molar-refractivity contribution in [2.75, 3.05) is 18.0 Å². The fourth-order valence-corrected chi connectivity index (χ4v) is 4.29. The zero-order valence-electron chi connectivity index (χ0n) is 19.0. The number of halogens is 1. The van der Waals surface area contributed by atoms with Gasteiger partial charge in [-0.05, 0) is 55.2 Å². The minimum absolute atomic E-state index is 0.236. The van der Waals surface area contributed by atoms with Crippen molar-refractivity contribution in [3.63, 3.8) is 0 Å². The summed E-state index contributed by atoms with van der Waals surface area (Å²) in [7, 11) is 0. The van der Waals surface area contributed by atoms with Gasteiger partial charge in [-0.2, -0.15) is 0 Å². The second-order valence-corrected chi connectivity index (χ2v) is 8.91. The number of rotatable bonds is 8. The van der Waals surface area contributed by atoms with Crippen LogP contribution in [0.15, 0.2) is 72.9 Å². The molecule has 1 fully saturated rings. The molecule has 2 aromatic carbocycles. The summed E-state index contributed by atoms with van der Waals surface area (Å²) in [6, 6.07) is 19.4. The van der Waals surface area contributed by atoms with Crippen LogP contribution in [-0.2, 0) is 17.8 Å². The quantitative estimate of drug-likeness (QED) is 0.506. The first-order chi connectivity index (χ1) is 16.6. The number of amides is 2. The number of benzene rings is 2. The molecule has 1 aliphatic rings. The van der Waals surface area contributed by atoms with E-state index >= 15 is 0 Å². The van der Waals surface area contributed by atoms with Crippen molar-refractivity contribution >= 4 is 29.2 Å². The van der Waals surface area contributed by atoms with Gasteiger partial charge in [-0.1, -0.05) is 48.0 Å². The van der Waals surface area contributed by atoms with Crippen LogP contribution in [0, 0.1) is 0 Å². The number of aromatic nitrogens is 1. The third-order valence-electron chi connectivity index (χ3n) is 5.99. The molecule has 1 saturated heterocycles. The molecular formula is C27H29ClN4O2. The first kappa shape index (κ1) is 23.8. The fraction of sp³-hybridized carbons (Fsp3) is 0.296. The van der Waals surface area contributed by atoms with Crippen LogP contribution in [-0.4, -0.2) is 35.9 Å². The second kappa shape index (κ2) is 11.7. The van der Waals surface area contributed by atoms with Gasteiger partial charge >= 0.3 is 0 Å². The van der Waals surface area contributed by atoms with E-state index in [0.29, 0.717) is 23.6 Å². The molecule has 4 rings (SSSR count). The molecule has 0 spiro atoms. The smallest absolute Gasteiger partial charge is 0.251 e. The Morgan fingerprint density at radius 1 is 0.941 bits per heavy atom. The molecule has 2 heterocycles. The Morgan fingerprint density at radius 3 is 2.41 bits per heavy atom. The topological polar surface area (TPSA) is 74.3 Å². The predicted molar refractivity (Wildman–Crippen MR) is 135 cm³/mol. The third-order valence-corrected chi connectivity index (χ3v) is 6.24. The molecule has 2 amide bonds. The lowest BCUT2D eigenvalue weighted by Gasteiger charge is -2.29. The van der Waals surface area contributed by atoms with Crippen LogP contribution >= 0.6 is 11.6 Å². The maximum atomic E-state index is 13.2. The zero-order chi connectivity index (χ0) is 23.8. The minimum Gasteiger partial charge on any atom is -0.356 e. The summed E-state index contributed by atoms with van der Waals surface area (Å²) in [6.07, 6.45) is 5.72. The number of nitrogens with one attached hydrogen (secondary N) is 2. The highest BCUT2D eigenvalue weighted by atomic mass is 35.5. The van der Waals surface area contributed by atoms with E-state index in [1.165, 1.54) is 6.42 Å². The SMILES string of the molecule is O=C(NC(Cc1ccccc1)C(=O)NCc1cccnc1N1CCCCC1)c1ccc(Cl)cc1. The first-order valence-corrected chi connectivity index (χ1v) is 12.0. The molecule has 0 aliphatic carbocycles. The van der Waals surface area contributed by atoms with Crippen LogP contribution in [0.2, 0.25) is 5.02 Å². The summed E-state index contributed by atoms with van der Waals surface area (Å²) in [6.45, 7) is 2.30. The molecule has 2 N–H and O–H groups in total. The molecule has 0 radical (unpaired) electrons. The van der Waals surface area contributed by atoms with Crippen molar-refractivity contribution < 1.29 is 9.59 Å². The average Bonchev–Trinajstić information content (AvgIpc) is 2.88. The maximum absolute atomic E-state index is 13.2. The molecule has 7 heteroatoms.